The van der Waals surface area contributed by atoms with Gasteiger partial charge in [0.15, 0.2) is 0 Å². The molecule has 0 saturated carbocycles. The van der Waals surface area contributed by atoms with E-state index in [0.29, 0.717) is 6.42 Å². The van der Waals surface area contributed by atoms with Gasteiger partial charge in [-0.05, 0) is 36.8 Å². The maximum Gasteiger partial charge on any atom is 0.225 e. The quantitative estimate of drug-likeness (QED) is 0.689. The van der Waals surface area contributed by atoms with E-state index in [1.807, 2.05) is 59.4 Å². The molecule has 1 atom stereocenters. The number of nitrogens with one attached hydrogen (secondary N) is 3. The molecule has 1 amide bonds. The van der Waals surface area contributed by atoms with Crippen LogP contribution in [0.25, 0.3) is 16.6 Å². The first kappa shape index (κ1) is 14.9. The van der Waals surface area contributed by atoms with Crippen LogP contribution in [-0.4, -0.2) is 28.3 Å². The standard InChI is InChI=1S/C18H19N5O/c24-18(11-15-9-10-19-22-15)21-14-5-7-16(8-6-14)23-17-4-2-1-3-13(17)12-20-23/h1-8,12,15,19,22H,9-11H2,(H,21,24). The number of hydrogen-bond donors (Lipinski definition) is 3. The minimum atomic E-state index is 0.0217. The molecular formula is C18H19N5O. The minimum Gasteiger partial charge on any atom is -0.326 e. The first-order valence-corrected chi connectivity index (χ1v) is 8.11. The van der Waals surface area contributed by atoms with Crippen LogP contribution < -0.4 is 16.2 Å². The molecule has 3 N–H and O–H groups in total. The van der Waals surface area contributed by atoms with E-state index >= 15 is 0 Å². The van der Waals surface area contributed by atoms with Gasteiger partial charge in [-0.2, -0.15) is 5.10 Å². The monoisotopic (exact) mass is 321 g/mol. The number of benzene rings is 2. The third-order valence-corrected chi connectivity index (χ3v) is 4.23. The van der Waals surface area contributed by atoms with Gasteiger partial charge in [0.2, 0.25) is 5.91 Å². The van der Waals surface area contributed by atoms with Crippen molar-refractivity contribution < 1.29 is 4.79 Å². The summed E-state index contributed by atoms with van der Waals surface area (Å²) < 4.78 is 1.90. The second kappa shape index (κ2) is 6.43. The maximum atomic E-state index is 12.1. The number of fused-ring (bicyclic) bond motifs is 1. The molecule has 122 valence electrons. The summed E-state index contributed by atoms with van der Waals surface area (Å²) in [6.07, 6.45) is 3.30. The Morgan fingerprint density at radius 3 is 2.83 bits per heavy atom. The highest BCUT2D eigenvalue weighted by Crippen LogP contribution is 2.19. The Balaban J connectivity index is 1.47. The average molecular weight is 321 g/mol. The number of para-hydroxylation sites is 1. The van der Waals surface area contributed by atoms with E-state index in [2.05, 4.69) is 21.3 Å². The molecule has 6 heteroatoms. The van der Waals surface area contributed by atoms with Gasteiger partial charge in [0.05, 0.1) is 17.4 Å². The van der Waals surface area contributed by atoms with Gasteiger partial charge in [0.25, 0.3) is 0 Å². The van der Waals surface area contributed by atoms with Gasteiger partial charge in [-0.15, -0.1) is 0 Å². The zero-order valence-electron chi connectivity index (χ0n) is 13.2. The number of amides is 1. The number of carbonyl (C=O) groups is 1. The molecule has 4 rings (SSSR count). The fourth-order valence-corrected chi connectivity index (χ4v) is 2.99. The van der Waals surface area contributed by atoms with Crippen molar-refractivity contribution in [1.29, 1.82) is 0 Å². The van der Waals surface area contributed by atoms with Crippen LogP contribution in [0.4, 0.5) is 5.69 Å². The number of nitrogens with zero attached hydrogens (tertiary/aromatic N) is 2. The minimum absolute atomic E-state index is 0.0217. The number of aromatic nitrogens is 2. The van der Waals surface area contributed by atoms with Gasteiger partial charge in [-0.3, -0.25) is 15.6 Å². The van der Waals surface area contributed by atoms with Crippen LogP contribution in [0.3, 0.4) is 0 Å². The molecule has 1 aliphatic rings. The normalized spacial score (nSPS) is 17.2. The second-order valence-corrected chi connectivity index (χ2v) is 5.97. The Morgan fingerprint density at radius 1 is 1.21 bits per heavy atom. The molecule has 1 aromatic heterocycles. The van der Waals surface area contributed by atoms with Gasteiger partial charge in [-0.1, -0.05) is 18.2 Å². The smallest absolute Gasteiger partial charge is 0.225 e. The number of hydrogen-bond acceptors (Lipinski definition) is 4. The van der Waals surface area contributed by atoms with E-state index in [1.165, 1.54) is 0 Å². The third-order valence-electron chi connectivity index (χ3n) is 4.23. The summed E-state index contributed by atoms with van der Waals surface area (Å²) in [4.78, 5) is 12.1. The maximum absolute atomic E-state index is 12.1. The van der Waals surface area contributed by atoms with Gasteiger partial charge < -0.3 is 5.32 Å². The van der Waals surface area contributed by atoms with E-state index in [9.17, 15) is 4.79 Å². The molecule has 1 aliphatic heterocycles. The lowest BCUT2D eigenvalue weighted by molar-refractivity contribution is -0.116. The number of anilines is 1. The lowest BCUT2D eigenvalue weighted by Crippen LogP contribution is -2.33. The van der Waals surface area contributed by atoms with Crippen LogP contribution in [0.1, 0.15) is 12.8 Å². The molecule has 2 heterocycles. The van der Waals surface area contributed by atoms with E-state index < -0.39 is 0 Å². The highest BCUT2D eigenvalue weighted by Gasteiger charge is 2.17. The first-order chi connectivity index (χ1) is 11.8. The van der Waals surface area contributed by atoms with Crippen molar-refractivity contribution in [3.05, 3.63) is 54.7 Å². The highest BCUT2D eigenvalue weighted by molar-refractivity contribution is 5.91. The average Bonchev–Trinajstić information content (AvgIpc) is 3.25. The van der Waals surface area contributed by atoms with E-state index in [-0.39, 0.29) is 11.9 Å². The number of rotatable bonds is 4. The summed E-state index contributed by atoms with van der Waals surface area (Å²) >= 11 is 0. The Hall–Kier alpha value is -2.70. The van der Waals surface area contributed by atoms with Crippen LogP contribution >= 0.6 is 0 Å². The van der Waals surface area contributed by atoms with Crippen LogP contribution in [0.5, 0.6) is 0 Å². The van der Waals surface area contributed by atoms with Gasteiger partial charge in [0, 0.05) is 30.1 Å². The van der Waals surface area contributed by atoms with E-state index in [1.54, 1.807) is 0 Å². The molecule has 3 aromatic rings. The summed E-state index contributed by atoms with van der Waals surface area (Å²) in [6, 6.07) is 16.0. The zero-order chi connectivity index (χ0) is 16.4. The van der Waals surface area contributed by atoms with Crippen molar-refractivity contribution in [2.45, 2.75) is 18.9 Å². The summed E-state index contributed by atoms with van der Waals surface area (Å²) in [7, 11) is 0. The molecule has 24 heavy (non-hydrogen) atoms. The van der Waals surface area contributed by atoms with Crippen molar-refractivity contribution in [3.8, 4) is 5.69 Å². The molecular weight excluding hydrogens is 302 g/mol. The van der Waals surface area contributed by atoms with Gasteiger partial charge in [-0.25, -0.2) is 4.68 Å². The van der Waals surface area contributed by atoms with E-state index in [4.69, 9.17) is 0 Å². The van der Waals surface area contributed by atoms with Crippen molar-refractivity contribution in [1.82, 2.24) is 20.6 Å². The number of hydrazine groups is 1. The summed E-state index contributed by atoms with van der Waals surface area (Å²) in [5.74, 6) is 0.0217. The third kappa shape index (κ3) is 3.02. The van der Waals surface area contributed by atoms with Gasteiger partial charge >= 0.3 is 0 Å². The van der Waals surface area contributed by atoms with Crippen LogP contribution in [0.15, 0.2) is 54.7 Å². The summed E-state index contributed by atoms with van der Waals surface area (Å²) in [5.41, 5.74) is 8.96. The van der Waals surface area contributed by atoms with Crippen LogP contribution in [-0.2, 0) is 4.79 Å². The summed E-state index contributed by atoms with van der Waals surface area (Å²) in [6.45, 7) is 0.907. The van der Waals surface area contributed by atoms with E-state index in [0.717, 1.165) is 35.2 Å². The number of carbonyl (C=O) groups excluding carboxylic acids is 1. The van der Waals surface area contributed by atoms with Gasteiger partial charge in [0.1, 0.15) is 0 Å². The lowest BCUT2D eigenvalue weighted by Gasteiger charge is -2.10. The molecule has 1 saturated heterocycles. The fourth-order valence-electron chi connectivity index (χ4n) is 2.99. The molecule has 0 spiro atoms. The van der Waals surface area contributed by atoms with Crippen molar-refractivity contribution in [3.63, 3.8) is 0 Å². The molecule has 0 bridgehead atoms. The molecule has 2 aromatic carbocycles. The topological polar surface area (TPSA) is 71.0 Å². The molecule has 0 aliphatic carbocycles. The highest BCUT2D eigenvalue weighted by atomic mass is 16.1. The summed E-state index contributed by atoms with van der Waals surface area (Å²) in [5, 5.41) is 8.49. The molecule has 6 nitrogen and oxygen atoms in total. The predicted octanol–water partition coefficient (Wildman–Crippen LogP) is 2.22. The fraction of sp³-hybridized carbons (Fsp3) is 0.222. The Kier molecular flexibility index (Phi) is 3.98. The largest absolute Gasteiger partial charge is 0.326 e. The van der Waals surface area contributed by atoms with Crippen LogP contribution in [0.2, 0.25) is 0 Å². The SMILES string of the molecule is O=C(CC1CCNN1)Nc1ccc(-n2ncc3ccccc32)cc1. The Morgan fingerprint density at radius 2 is 2.04 bits per heavy atom. The molecule has 1 unspecified atom stereocenters. The zero-order valence-corrected chi connectivity index (χ0v) is 13.2. The lowest BCUT2D eigenvalue weighted by atomic mass is 10.1. The first-order valence-electron chi connectivity index (χ1n) is 8.11. The van der Waals surface area contributed by atoms with Crippen molar-refractivity contribution in [2.75, 3.05) is 11.9 Å². The predicted molar refractivity (Wildman–Crippen MR) is 93.9 cm³/mol. The van der Waals surface area contributed by atoms with Crippen molar-refractivity contribution >= 4 is 22.5 Å². The Labute approximate surface area is 139 Å². The Bertz CT molecular complexity index is 849. The molecule has 0 radical (unpaired) electrons. The second-order valence-electron chi connectivity index (χ2n) is 5.97. The molecule has 1 fully saturated rings. The van der Waals surface area contributed by atoms with Crippen molar-refractivity contribution in [2.24, 2.45) is 0 Å². The van der Waals surface area contributed by atoms with Crippen LogP contribution in [0, 0.1) is 0 Å².